The third-order valence-corrected chi connectivity index (χ3v) is 9.47. The minimum absolute atomic E-state index is 0.0253. The average Bonchev–Trinajstić information content (AvgIpc) is 2.88. The van der Waals surface area contributed by atoms with E-state index in [0.29, 0.717) is 10.9 Å². The summed E-state index contributed by atoms with van der Waals surface area (Å²) in [7, 11) is -3.81. The van der Waals surface area contributed by atoms with Gasteiger partial charge in [0.15, 0.2) is 15.6 Å². The number of aromatic nitrogens is 2. The number of ether oxygens (including phenoxy) is 1. The van der Waals surface area contributed by atoms with Crippen molar-refractivity contribution in [3.05, 3.63) is 64.2 Å². The molecule has 37 heavy (non-hydrogen) atoms. The number of nitrogens with zero attached hydrogens (tertiary/aromatic N) is 3. The molecule has 1 saturated heterocycles. The summed E-state index contributed by atoms with van der Waals surface area (Å²) in [5.41, 5.74) is 4.38. The summed E-state index contributed by atoms with van der Waals surface area (Å²) in [6.07, 6.45) is 2.20. The van der Waals surface area contributed by atoms with Crippen LogP contribution in [0.4, 0.5) is 0 Å². The first-order chi connectivity index (χ1) is 17.5. The number of fused-ring (bicyclic) bond motifs is 1. The Balaban J connectivity index is 1.58. The maximum absolute atomic E-state index is 13.2. The summed E-state index contributed by atoms with van der Waals surface area (Å²) in [5.74, 6) is -0.798. The number of rotatable bonds is 9. The number of hydrogen-bond donors (Lipinski definition) is 1. The van der Waals surface area contributed by atoms with Gasteiger partial charge in [0.25, 0.3) is 5.56 Å². The normalized spacial score (nSPS) is 16.5. The third-order valence-electron chi connectivity index (χ3n) is 7.40. The lowest BCUT2D eigenvalue weighted by Crippen LogP contribution is -2.46. The van der Waals surface area contributed by atoms with E-state index in [-0.39, 0.29) is 18.5 Å². The van der Waals surface area contributed by atoms with Crippen molar-refractivity contribution in [3.63, 3.8) is 0 Å². The van der Waals surface area contributed by atoms with Gasteiger partial charge in [-0.25, -0.2) is 13.4 Å². The Hall–Kier alpha value is -2.92. The number of sulfone groups is 1. The van der Waals surface area contributed by atoms with Crippen LogP contribution in [0.2, 0.25) is 0 Å². The van der Waals surface area contributed by atoms with Gasteiger partial charge >= 0.3 is 0 Å². The van der Waals surface area contributed by atoms with Crippen molar-refractivity contribution in [1.29, 1.82) is 0 Å². The Bertz CT molecular complexity index is 1460. The van der Waals surface area contributed by atoms with E-state index in [1.807, 2.05) is 13.0 Å². The lowest BCUT2D eigenvalue weighted by atomic mass is 9.97. The highest BCUT2D eigenvalue weighted by atomic mass is 32.2. The summed E-state index contributed by atoms with van der Waals surface area (Å²) >= 11 is 0. The molecule has 0 aliphatic carbocycles. The Labute approximate surface area is 216 Å². The lowest BCUT2D eigenvalue weighted by molar-refractivity contribution is -0.124. The number of benzene rings is 2. The minimum Gasteiger partial charge on any atom is -0.389 e. The fraction of sp³-hybridized carbons (Fsp3) is 0.444. The van der Waals surface area contributed by atoms with Gasteiger partial charge in [-0.1, -0.05) is 30.3 Å². The molecule has 4 rings (SSSR count). The first kappa shape index (κ1) is 27.1. The Morgan fingerprint density at radius 3 is 2.43 bits per heavy atom. The maximum atomic E-state index is 13.2. The molecule has 0 bridgehead atoms. The number of carbonyl (C=O) groups excluding carboxylic acids is 1. The van der Waals surface area contributed by atoms with E-state index in [1.54, 1.807) is 6.07 Å². The summed E-state index contributed by atoms with van der Waals surface area (Å²) < 4.78 is 29.5. The van der Waals surface area contributed by atoms with E-state index in [2.05, 4.69) is 34.1 Å². The average molecular weight is 528 g/mol. The van der Waals surface area contributed by atoms with Crippen LogP contribution in [0.25, 0.3) is 22.0 Å². The van der Waals surface area contributed by atoms with Gasteiger partial charge in [-0.15, -0.1) is 0 Å². The smallest absolute Gasteiger partial charge is 0.261 e. The number of aryl methyl sites for hydroxylation is 2. The fourth-order valence-electron chi connectivity index (χ4n) is 4.69. The zero-order valence-electron chi connectivity index (χ0n) is 21.4. The van der Waals surface area contributed by atoms with E-state index in [0.717, 1.165) is 55.8 Å². The van der Waals surface area contributed by atoms with Gasteiger partial charge in [0, 0.05) is 32.4 Å². The molecule has 0 unspecified atom stereocenters. The number of ketones is 1. The van der Waals surface area contributed by atoms with Crippen molar-refractivity contribution in [2.75, 3.05) is 39.2 Å². The molecule has 3 aromatic rings. The molecular weight excluding hydrogens is 494 g/mol. The molecule has 2 aromatic carbocycles. The van der Waals surface area contributed by atoms with Crippen LogP contribution in [0.1, 0.15) is 24.5 Å². The van der Waals surface area contributed by atoms with Crippen LogP contribution in [-0.4, -0.2) is 77.7 Å². The highest BCUT2D eigenvalue weighted by Crippen LogP contribution is 2.28. The van der Waals surface area contributed by atoms with Crippen LogP contribution in [0, 0.1) is 6.92 Å². The topological polar surface area (TPSA) is 119 Å². The van der Waals surface area contributed by atoms with Crippen molar-refractivity contribution >= 4 is 26.5 Å². The van der Waals surface area contributed by atoms with Crippen LogP contribution in [0.3, 0.4) is 0 Å². The Morgan fingerprint density at radius 1 is 1.14 bits per heavy atom. The molecule has 0 amide bonds. The fourth-order valence-corrected chi connectivity index (χ4v) is 5.63. The summed E-state index contributed by atoms with van der Waals surface area (Å²) in [6, 6.07) is 12.0. The van der Waals surface area contributed by atoms with Crippen molar-refractivity contribution in [2.45, 2.75) is 38.1 Å². The third kappa shape index (κ3) is 5.52. The Morgan fingerprint density at radius 2 is 1.81 bits per heavy atom. The van der Waals surface area contributed by atoms with E-state index in [1.165, 1.54) is 23.4 Å². The highest BCUT2D eigenvalue weighted by molar-refractivity contribution is 7.92. The molecule has 1 fully saturated rings. The van der Waals surface area contributed by atoms with Gasteiger partial charge in [0.05, 0.1) is 30.4 Å². The molecule has 0 spiro atoms. The summed E-state index contributed by atoms with van der Waals surface area (Å²) in [4.78, 5) is 32.3. The van der Waals surface area contributed by atoms with Crippen LogP contribution in [-0.2, 0) is 32.5 Å². The van der Waals surface area contributed by atoms with Crippen LogP contribution >= 0.6 is 0 Å². The predicted molar refractivity (Wildman–Crippen MR) is 142 cm³/mol. The second kappa shape index (κ2) is 10.8. The Kier molecular flexibility index (Phi) is 7.94. The number of hydrogen-bond acceptors (Lipinski definition) is 8. The first-order valence-electron chi connectivity index (χ1n) is 12.3. The van der Waals surface area contributed by atoms with Crippen LogP contribution < -0.4 is 5.56 Å². The van der Waals surface area contributed by atoms with E-state index in [4.69, 9.17) is 4.74 Å². The van der Waals surface area contributed by atoms with Crippen molar-refractivity contribution in [1.82, 2.24) is 14.5 Å². The van der Waals surface area contributed by atoms with Gasteiger partial charge in [0.2, 0.25) is 0 Å². The molecule has 198 valence electrons. The van der Waals surface area contributed by atoms with E-state index >= 15 is 0 Å². The number of aliphatic hydroxyl groups is 1. The van der Waals surface area contributed by atoms with Gasteiger partial charge in [-0.2, -0.15) is 0 Å². The monoisotopic (exact) mass is 527 g/mol. The molecule has 0 saturated carbocycles. The second-order valence-electron chi connectivity index (χ2n) is 9.80. The lowest BCUT2D eigenvalue weighted by Gasteiger charge is -2.26. The molecule has 9 nitrogen and oxygen atoms in total. The van der Waals surface area contributed by atoms with Crippen LogP contribution in [0.15, 0.2) is 47.5 Å². The number of Topliss-reactive ketones (excluding diaryl/α,β-unsaturated/α-hetero) is 1. The molecule has 2 heterocycles. The predicted octanol–water partition coefficient (Wildman–Crippen LogP) is 1.96. The molecule has 1 aromatic heterocycles. The van der Waals surface area contributed by atoms with Gasteiger partial charge in [-0.3, -0.25) is 19.1 Å². The van der Waals surface area contributed by atoms with Gasteiger partial charge in [-0.05, 0) is 48.6 Å². The molecule has 1 aliphatic heterocycles. The summed E-state index contributed by atoms with van der Waals surface area (Å²) in [6.45, 7) is 6.57. The quantitative estimate of drug-likeness (QED) is 0.449. The standard InChI is InChI=1S/C27H33N3O6S/c1-19-22(21-6-4-20(5-7-21)16-29-12-14-36-15-13-29)8-9-23-25(19)28-18-30(26(23)33)11-10-27(2,24(32)17-31)37(3,34)35/h4-9,18,31H,10-17H2,1-3H3/t27-/m1/s1. The van der Waals surface area contributed by atoms with E-state index in [9.17, 15) is 23.1 Å². The number of aliphatic hydroxyl groups excluding tert-OH is 1. The molecule has 1 aliphatic rings. The van der Waals surface area contributed by atoms with E-state index < -0.39 is 27.0 Å². The number of carbonyl (C=O) groups is 1. The van der Waals surface area contributed by atoms with Gasteiger partial charge in [0.1, 0.15) is 11.4 Å². The zero-order valence-corrected chi connectivity index (χ0v) is 22.3. The maximum Gasteiger partial charge on any atom is 0.261 e. The molecular formula is C27H33N3O6S. The number of morpholine rings is 1. The second-order valence-corrected chi connectivity index (χ2v) is 12.2. The molecule has 1 N–H and O–H groups in total. The first-order valence-corrected chi connectivity index (χ1v) is 14.2. The van der Waals surface area contributed by atoms with Gasteiger partial charge < -0.3 is 9.84 Å². The highest BCUT2D eigenvalue weighted by Gasteiger charge is 2.42. The molecule has 0 radical (unpaired) electrons. The van der Waals surface area contributed by atoms with Crippen molar-refractivity contribution in [3.8, 4) is 11.1 Å². The SMILES string of the molecule is Cc1c(-c2ccc(CN3CCOCC3)cc2)ccc2c(=O)n(CC[C@](C)(C(=O)CO)S(C)(=O)=O)cnc12. The minimum atomic E-state index is -3.81. The molecule has 1 atom stereocenters. The zero-order chi connectivity index (χ0) is 26.8. The largest absolute Gasteiger partial charge is 0.389 e. The summed E-state index contributed by atoms with van der Waals surface area (Å²) in [5, 5.41) is 9.68. The van der Waals surface area contributed by atoms with Crippen molar-refractivity contribution in [2.24, 2.45) is 0 Å². The molecule has 10 heteroatoms. The van der Waals surface area contributed by atoms with Crippen molar-refractivity contribution < 1.29 is 23.1 Å². The van der Waals surface area contributed by atoms with Crippen LogP contribution in [0.5, 0.6) is 0 Å².